The van der Waals surface area contributed by atoms with E-state index in [4.69, 9.17) is 9.97 Å². The van der Waals surface area contributed by atoms with Crippen LogP contribution in [0.25, 0.3) is 11.3 Å². The first-order valence-corrected chi connectivity index (χ1v) is 9.29. The number of para-hydroxylation sites is 1. The van der Waals surface area contributed by atoms with E-state index in [1.54, 1.807) is 0 Å². The number of hydrogen-bond donors (Lipinski definition) is 1. The Morgan fingerprint density at radius 2 is 1.54 bits per heavy atom. The third-order valence-corrected chi connectivity index (χ3v) is 4.92. The number of nitrogens with zero attached hydrogens (tertiary/aromatic N) is 3. The molecule has 1 fully saturated rings. The van der Waals surface area contributed by atoms with E-state index in [0.29, 0.717) is 5.95 Å². The molecule has 0 atom stereocenters. The molecule has 0 amide bonds. The summed E-state index contributed by atoms with van der Waals surface area (Å²) in [6, 6.07) is 22.5. The van der Waals surface area contributed by atoms with Crippen LogP contribution in [0.4, 0.5) is 17.5 Å². The molecule has 1 aliphatic heterocycles. The Hall–Kier alpha value is -2.88. The van der Waals surface area contributed by atoms with Crippen LogP contribution in [0.15, 0.2) is 66.7 Å². The van der Waals surface area contributed by atoms with E-state index < -0.39 is 0 Å². The van der Waals surface area contributed by atoms with Crippen LogP contribution in [-0.2, 0) is 0 Å². The zero-order chi connectivity index (χ0) is 17.8. The maximum atomic E-state index is 4.81. The van der Waals surface area contributed by atoms with Gasteiger partial charge < -0.3 is 10.2 Å². The lowest BCUT2D eigenvalue weighted by molar-refractivity contribution is 0.436. The SMILES string of the molecule is CC1CCN(c2cc(-c3ccccc3)nc(Nc3ccccc3)n2)CC1. The maximum Gasteiger partial charge on any atom is 0.229 e. The highest BCUT2D eigenvalue weighted by Gasteiger charge is 2.19. The second-order valence-corrected chi connectivity index (χ2v) is 6.96. The number of aromatic nitrogens is 2. The van der Waals surface area contributed by atoms with Crippen LogP contribution in [0.1, 0.15) is 19.8 Å². The van der Waals surface area contributed by atoms with E-state index >= 15 is 0 Å². The molecule has 3 aromatic rings. The van der Waals surface area contributed by atoms with E-state index in [0.717, 1.165) is 41.8 Å². The third-order valence-electron chi connectivity index (χ3n) is 4.92. The van der Waals surface area contributed by atoms with Crippen molar-refractivity contribution >= 4 is 17.5 Å². The number of rotatable bonds is 4. The first kappa shape index (κ1) is 16.6. The minimum Gasteiger partial charge on any atom is -0.356 e. The zero-order valence-electron chi connectivity index (χ0n) is 15.1. The monoisotopic (exact) mass is 344 g/mol. The number of benzene rings is 2. The van der Waals surface area contributed by atoms with Gasteiger partial charge in [0.05, 0.1) is 5.69 Å². The fraction of sp³-hybridized carbons (Fsp3) is 0.273. The van der Waals surface area contributed by atoms with Gasteiger partial charge in [-0.25, -0.2) is 4.98 Å². The van der Waals surface area contributed by atoms with E-state index in [1.165, 1.54) is 12.8 Å². The molecule has 4 nitrogen and oxygen atoms in total. The third kappa shape index (κ3) is 3.85. The predicted octanol–water partition coefficient (Wildman–Crippen LogP) is 5.12. The summed E-state index contributed by atoms with van der Waals surface area (Å²) in [5.74, 6) is 2.44. The fourth-order valence-corrected chi connectivity index (χ4v) is 3.30. The summed E-state index contributed by atoms with van der Waals surface area (Å²) < 4.78 is 0. The van der Waals surface area contributed by atoms with Gasteiger partial charge >= 0.3 is 0 Å². The highest BCUT2D eigenvalue weighted by Crippen LogP contribution is 2.27. The summed E-state index contributed by atoms with van der Waals surface area (Å²) in [7, 11) is 0. The van der Waals surface area contributed by atoms with Crippen LogP contribution in [0.5, 0.6) is 0 Å². The number of piperidine rings is 1. The molecule has 4 rings (SSSR count). The average Bonchev–Trinajstić information content (AvgIpc) is 2.70. The summed E-state index contributed by atoms with van der Waals surface area (Å²) in [4.78, 5) is 11.9. The Bertz CT molecular complexity index is 841. The largest absolute Gasteiger partial charge is 0.356 e. The van der Waals surface area contributed by atoms with Crippen molar-refractivity contribution in [3.8, 4) is 11.3 Å². The highest BCUT2D eigenvalue weighted by atomic mass is 15.2. The molecule has 1 aliphatic rings. The van der Waals surface area contributed by atoms with Crippen LogP contribution < -0.4 is 10.2 Å². The molecule has 4 heteroatoms. The Kier molecular flexibility index (Phi) is 4.82. The van der Waals surface area contributed by atoms with Crippen molar-refractivity contribution in [1.82, 2.24) is 9.97 Å². The van der Waals surface area contributed by atoms with Crippen molar-refractivity contribution in [1.29, 1.82) is 0 Å². The van der Waals surface area contributed by atoms with Crippen LogP contribution in [0.2, 0.25) is 0 Å². The fourth-order valence-electron chi connectivity index (χ4n) is 3.30. The lowest BCUT2D eigenvalue weighted by Gasteiger charge is -2.31. The topological polar surface area (TPSA) is 41.1 Å². The summed E-state index contributed by atoms with van der Waals surface area (Å²) >= 11 is 0. The zero-order valence-corrected chi connectivity index (χ0v) is 15.1. The molecule has 1 aromatic heterocycles. The lowest BCUT2D eigenvalue weighted by atomic mass is 9.99. The molecule has 2 aromatic carbocycles. The van der Waals surface area contributed by atoms with E-state index in [-0.39, 0.29) is 0 Å². The van der Waals surface area contributed by atoms with Crippen LogP contribution in [0, 0.1) is 5.92 Å². The Labute approximate surface area is 154 Å². The van der Waals surface area contributed by atoms with Crippen molar-refractivity contribution < 1.29 is 0 Å². The summed E-state index contributed by atoms with van der Waals surface area (Å²) in [6.45, 7) is 4.43. The van der Waals surface area contributed by atoms with Gasteiger partial charge in [0.25, 0.3) is 0 Å². The highest BCUT2D eigenvalue weighted by molar-refractivity contribution is 5.66. The molecule has 0 saturated carbocycles. The average molecular weight is 344 g/mol. The molecule has 0 aliphatic carbocycles. The molecule has 0 bridgehead atoms. The molecule has 132 valence electrons. The number of nitrogens with one attached hydrogen (secondary N) is 1. The van der Waals surface area contributed by atoms with Crippen molar-refractivity contribution in [2.24, 2.45) is 5.92 Å². The van der Waals surface area contributed by atoms with Crippen LogP contribution >= 0.6 is 0 Å². The van der Waals surface area contributed by atoms with Crippen LogP contribution in [-0.4, -0.2) is 23.1 Å². The first-order chi connectivity index (χ1) is 12.8. The summed E-state index contributed by atoms with van der Waals surface area (Å²) in [5, 5.41) is 3.35. The smallest absolute Gasteiger partial charge is 0.229 e. The van der Waals surface area contributed by atoms with Gasteiger partial charge in [0.1, 0.15) is 5.82 Å². The molecule has 1 N–H and O–H groups in total. The van der Waals surface area contributed by atoms with Crippen LogP contribution in [0.3, 0.4) is 0 Å². The normalized spacial score (nSPS) is 15.0. The number of anilines is 3. The van der Waals surface area contributed by atoms with Gasteiger partial charge in [0.15, 0.2) is 0 Å². The van der Waals surface area contributed by atoms with Crippen molar-refractivity contribution in [3.05, 3.63) is 66.7 Å². The van der Waals surface area contributed by atoms with Gasteiger partial charge in [-0.15, -0.1) is 0 Å². The Morgan fingerprint density at radius 1 is 0.885 bits per heavy atom. The summed E-state index contributed by atoms with van der Waals surface area (Å²) in [6.07, 6.45) is 2.43. The first-order valence-electron chi connectivity index (χ1n) is 9.29. The van der Waals surface area contributed by atoms with Gasteiger partial charge in [-0.3, -0.25) is 0 Å². The molecule has 0 radical (unpaired) electrons. The van der Waals surface area contributed by atoms with E-state index in [2.05, 4.69) is 35.3 Å². The van der Waals surface area contributed by atoms with Crippen molar-refractivity contribution in [2.75, 3.05) is 23.3 Å². The minimum absolute atomic E-state index is 0.645. The molecule has 0 unspecified atom stereocenters. The van der Waals surface area contributed by atoms with E-state index in [1.807, 2.05) is 48.5 Å². The second-order valence-electron chi connectivity index (χ2n) is 6.96. The molecular formula is C22H24N4. The second kappa shape index (κ2) is 7.56. The van der Waals surface area contributed by atoms with E-state index in [9.17, 15) is 0 Å². The molecular weight excluding hydrogens is 320 g/mol. The summed E-state index contributed by atoms with van der Waals surface area (Å²) in [5.41, 5.74) is 3.06. The van der Waals surface area contributed by atoms with Crippen molar-refractivity contribution in [3.63, 3.8) is 0 Å². The standard InChI is InChI=1S/C22H24N4/c1-17-12-14-26(15-13-17)21-16-20(18-8-4-2-5-9-18)24-22(25-21)23-19-10-6-3-7-11-19/h2-11,16-17H,12-15H2,1H3,(H,23,24,25). The van der Waals surface area contributed by atoms with Gasteiger partial charge in [-0.05, 0) is 30.9 Å². The van der Waals surface area contributed by atoms with Gasteiger partial charge in [-0.2, -0.15) is 4.98 Å². The van der Waals surface area contributed by atoms with Gasteiger partial charge in [0.2, 0.25) is 5.95 Å². The lowest BCUT2D eigenvalue weighted by Crippen LogP contribution is -2.33. The minimum atomic E-state index is 0.645. The van der Waals surface area contributed by atoms with Gasteiger partial charge in [0, 0.05) is 30.4 Å². The quantitative estimate of drug-likeness (QED) is 0.713. The maximum absolute atomic E-state index is 4.81. The number of hydrogen-bond acceptors (Lipinski definition) is 4. The predicted molar refractivity (Wildman–Crippen MR) is 108 cm³/mol. The van der Waals surface area contributed by atoms with Crippen molar-refractivity contribution in [2.45, 2.75) is 19.8 Å². The van der Waals surface area contributed by atoms with Gasteiger partial charge in [-0.1, -0.05) is 55.5 Å². The Balaban J connectivity index is 1.69. The molecule has 26 heavy (non-hydrogen) atoms. The molecule has 1 saturated heterocycles. The molecule has 0 spiro atoms. The Morgan fingerprint density at radius 3 is 2.23 bits per heavy atom. The molecule has 2 heterocycles.